The van der Waals surface area contributed by atoms with Gasteiger partial charge in [0, 0.05) is 21.5 Å². The van der Waals surface area contributed by atoms with Crippen LogP contribution in [0.25, 0.3) is 10.8 Å². The van der Waals surface area contributed by atoms with E-state index in [2.05, 4.69) is 31.9 Å². The summed E-state index contributed by atoms with van der Waals surface area (Å²) < 4.78 is 1.75. The smallest absolute Gasteiger partial charge is 0.195 e. The third kappa shape index (κ3) is 2.46. The Bertz CT molecular complexity index is 826. The topological polar surface area (TPSA) is 17.1 Å². The summed E-state index contributed by atoms with van der Waals surface area (Å²) in [5.74, 6) is -0.00769. The Balaban J connectivity index is 2.23. The highest BCUT2D eigenvalue weighted by Crippen LogP contribution is 2.35. The molecule has 0 bridgehead atoms. The van der Waals surface area contributed by atoms with Gasteiger partial charge in [-0.3, -0.25) is 4.79 Å². The van der Waals surface area contributed by atoms with E-state index in [0.29, 0.717) is 16.1 Å². The molecule has 20 heavy (non-hydrogen) atoms. The van der Waals surface area contributed by atoms with Crippen molar-refractivity contribution < 1.29 is 4.79 Å². The van der Waals surface area contributed by atoms with E-state index < -0.39 is 0 Å². The van der Waals surface area contributed by atoms with Crippen LogP contribution >= 0.6 is 54.8 Å². The second-order valence-electron chi connectivity index (χ2n) is 4.21. The number of carbonyl (C=O) groups is 1. The molecule has 0 aliphatic rings. The van der Waals surface area contributed by atoms with Gasteiger partial charge in [0.05, 0.1) is 7.57 Å². The average molecular weight is 431 g/mol. The predicted molar refractivity (Wildman–Crippen MR) is 92.1 cm³/mol. The Morgan fingerprint density at radius 2 is 1.70 bits per heavy atom. The molecule has 5 heteroatoms. The molecule has 0 saturated carbocycles. The van der Waals surface area contributed by atoms with Crippen molar-refractivity contribution in [2.45, 2.75) is 0 Å². The first kappa shape index (κ1) is 14.3. The summed E-state index contributed by atoms with van der Waals surface area (Å²) >= 11 is 14.5. The number of hydrogen-bond donors (Lipinski definition) is 0. The van der Waals surface area contributed by atoms with Crippen LogP contribution in [-0.2, 0) is 0 Å². The molecule has 3 rings (SSSR count). The summed E-state index contributed by atoms with van der Waals surface area (Å²) in [6.45, 7) is 0. The van der Waals surface area contributed by atoms with Crippen molar-refractivity contribution in [2.24, 2.45) is 0 Å². The predicted octanol–water partition coefficient (Wildman–Crippen LogP) is 6.31. The minimum absolute atomic E-state index is 0.00769. The Morgan fingerprint density at radius 1 is 1.00 bits per heavy atom. The quantitative estimate of drug-likeness (QED) is 0.436. The average Bonchev–Trinajstić information content (AvgIpc) is 2.78. The second-order valence-corrected chi connectivity index (χ2v) is 8.36. The molecule has 0 amide bonds. The molecule has 0 saturated heterocycles. The zero-order valence-corrected chi connectivity index (χ0v) is 14.7. The van der Waals surface area contributed by atoms with Gasteiger partial charge in [-0.25, -0.2) is 0 Å². The molecular formula is C15H7Br2ClOS. The summed E-state index contributed by atoms with van der Waals surface area (Å²) in [5, 5.41) is 2.42. The minimum Gasteiger partial charge on any atom is -0.289 e. The fraction of sp³-hybridized carbons (Fsp3) is 0. The van der Waals surface area contributed by atoms with Crippen LogP contribution in [0.3, 0.4) is 0 Å². The number of ketones is 1. The summed E-state index contributed by atoms with van der Waals surface area (Å²) in [6.07, 6.45) is 0. The lowest BCUT2D eigenvalue weighted by Gasteiger charge is -2.06. The lowest BCUT2D eigenvalue weighted by molar-refractivity contribution is 0.104. The zero-order chi connectivity index (χ0) is 14.3. The van der Waals surface area contributed by atoms with Crippen molar-refractivity contribution in [3.8, 4) is 0 Å². The van der Waals surface area contributed by atoms with E-state index in [-0.39, 0.29) is 5.78 Å². The van der Waals surface area contributed by atoms with Crippen molar-refractivity contribution in [3.05, 3.63) is 66.2 Å². The normalized spacial score (nSPS) is 10.9. The Labute approximate surface area is 141 Å². The molecule has 1 nitrogen and oxygen atoms in total. The lowest BCUT2D eigenvalue weighted by Crippen LogP contribution is -2.01. The highest BCUT2D eigenvalue weighted by Gasteiger charge is 2.18. The molecule has 0 aliphatic heterocycles. The van der Waals surface area contributed by atoms with Gasteiger partial charge in [0.15, 0.2) is 5.78 Å². The summed E-state index contributed by atoms with van der Waals surface area (Å²) in [5.41, 5.74) is 1.32. The molecule has 0 N–H and O–H groups in total. The maximum atomic E-state index is 12.7. The standard InChI is InChI=1S/C15H7Br2ClOS/c16-13-7-11(15(17)20-13)14(19)10-5-6-12(18)9-4-2-1-3-8(9)10/h1-7H. The van der Waals surface area contributed by atoms with Gasteiger partial charge in [-0.2, -0.15) is 0 Å². The number of fused-ring (bicyclic) bond motifs is 1. The van der Waals surface area contributed by atoms with Crippen LogP contribution in [0.5, 0.6) is 0 Å². The number of halogens is 3. The van der Waals surface area contributed by atoms with Gasteiger partial charge in [0.2, 0.25) is 0 Å². The van der Waals surface area contributed by atoms with Crippen LogP contribution in [0.15, 0.2) is 50.0 Å². The molecular weight excluding hydrogens is 423 g/mol. The molecule has 0 unspecified atom stereocenters. The maximum absolute atomic E-state index is 12.7. The molecule has 3 aromatic rings. The molecule has 2 aromatic carbocycles. The van der Waals surface area contributed by atoms with Gasteiger partial charge in [-0.1, -0.05) is 35.9 Å². The van der Waals surface area contributed by atoms with Gasteiger partial charge < -0.3 is 0 Å². The number of carbonyl (C=O) groups excluding carboxylic acids is 1. The molecule has 0 radical (unpaired) electrons. The molecule has 0 fully saturated rings. The molecule has 0 spiro atoms. The number of rotatable bonds is 2. The molecule has 0 aliphatic carbocycles. The van der Waals surface area contributed by atoms with Crippen LogP contribution < -0.4 is 0 Å². The third-order valence-corrected chi connectivity index (χ3v) is 5.69. The lowest BCUT2D eigenvalue weighted by atomic mass is 9.99. The highest BCUT2D eigenvalue weighted by molar-refractivity contribution is 9.12. The van der Waals surface area contributed by atoms with Gasteiger partial charge in [0.1, 0.15) is 0 Å². The van der Waals surface area contributed by atoms with E-state index in [1.807, 2.05) is 30.3 Å². The SMILES string of the molecule is O=C(c1cc(Br)sc1Br)c1ccc(Cl)c2ccccc12. The second kappa shape index (κ2) is 5.60. The molecule has 1 heterocycles. The van der Waals surface area contributed by atoms with E-state index in [9.17, 15) is 4.79 Å². The largest absolute Gasteiger partial charge is 0.289 e. The van der Waals surface area contributed by atoms with Crippen LogP contribution in [0.2, 0.25) is 5.02 Å². The first-order valence-electron chi connectivity index (χ1n) is 5.74. The Hall–Kier alpha value is -0.680. The van der Waals surface area contributed by atoms with E-state index in [1.165, 1.54) is 11.3 Å². The summed E-state index contributed by atoms with van der Waals surface area (Å²) in [4.78, 5) is 12.7. The molecule has 1 aromatic heterocycles. The van der Waals surface area contributed by atoms with E-state index in [0.717, 1.165) is 18.3 Å². The van der Waals surface area contributed by atoms with Crippen LogP contribution in [0, 0.1) is 0 Å². The first-order valence-corrected chi connectivity index (χ1v) is 8.53. The summed E-state index contributed by atoms with van der Waals surface area (Å²) in [7, 11) is 0. The summed E-state index contributed by atoms with van der Waals surface area (Å²) in [6, 6.07) is 13.1. The highest BCUT2D eigenvalue weighted by atomic mass is 79.9. The van der Waals surface area contributed by atoms with Crippen LogP contribution in [-0.4, -0.2) is 5.78 Å². The van der Waals surface area contributed by atoms with Crippen molar-refractivity contribution in [1.82, 2.24) is 0 Å². The maximum Gasteiger partial charge on any atom is 0.195 e. The van der Waals surface area contributed by atoms with Gasteiger partial charge in [-0.15, -0.1) is 11.3 Å². The van der Waals surface area contributed by atoms with Crippen molar-refractivity contribution in [2.75, 3.05) is 0 Å². The number of hydrogen-bond acceptors (Lipinski definition) is 2. The number of thiophene rings is 1. The Kier molecular flexibility index (Phi) is 4.00. The first-order chi connectivity index (χ1) is 9.58. The Morgan fingerprint density at radius 3 is 2.35 bits per heavy atom. The van der Waals surface area contributed by atoms with Gasteiger partial charge in [-0.05, 0) is 55.4 Å². The fourth-order valence-electron chi connectivity index (χ4n) is 2.10. The van der Waals surface area contributed by atoms with Gasteiger partial charge >= 0.3 is 0 Å². The van der Waals surface area contributed by atoms with Crippen LogP contribution in [0.4, 0.5) is 0 Å². The van der Waals surface area contributed by atoms with Crippen molar-refractivity contribution >= 4 is 71.4 Å². The van der Waals surface area contributed by atoms with E-state index >= 15 is 0 Å². The third-order valence-electron chi connectivity index (χ3n) is 3.02. The number of benzene rings is 2. The molecule has 100 valence electrons. The monoisotopic (exact) mass is 428 g/mol. The molecule has 0 atom stereocenters. The van der Waals surface area contributed by atoms with Gasteiger partial charge in [0.25, 0.3) is 0 Å². The van der Waals surface area contributed by atoms with Crippen LogP contribution in [0.1, 0.15) is 15.9 Å². The zero-order valence-electron chi connectivity index (χ0n) is 9.99. The minimum atomic E-state index is -0.00769. The van der Waals surface area contributed by atoms with Crippen molar-refractivity contribution in [1.29, 1.82) is 0 Å². The van der Waals surface area contributed by atoms with E-state index in [4.69, 9.17) is 11.6 Å². The van der Waals surface area contributed by atoms with Crippen molar-refractivity contribution in [3.63, 3.8) is 0 Å². The van der Waals surface area contributed by atoms with E-state index in [1.54, 1.807) is 12.1 Å². The fourth-order valence-corrected chi connectivity index (χ4v) is 5.12.